The first-order chi connectivity index (χ1) is 9.79. The Hall–Kier alpha value is -1.23. The van der Waals surface area contributed by atoms with Crippen molar-refractivity contribution in [3.05, 3.63) is 16.2 Å². The van der Waals surface area contributed by atoms with Crippen LogP contribution in [0.2, 0.25) is 0 Å². The molecule has 0 aliphatic heterocycles. The molecule has 1 atom stereocenters. The molecule has 0 radical (unpaired) electrons. The molecule has 1 unspecified atom stereocenters. The molecule has 1 aromatic rings. The van der Waals surface area contributed by atoms with Gasteiger partial charge in [-0.05, 0) is 28.9 Å². The quantitative estimate of drug-likeness (QED) is 0.538. The van der Waals surface area contributed by atoms with E-state index in [1.54, 1.807) is 0 Å². The van der Waals surface area contributed by atoms with Gasteiger partial charge < -0.3 is 15.7 Å². The summed E-state index contributed by atoms with van der Waals surface area (Å²) in [7, 11) is 1.29. The molecule has 1 heterocycles. The number of hydrogen-bond acceptors (Lipinski definition) is 4. The minimum atomic E-state index is -4.90. The number of aliphatic hydroxyl groups is 1. The van der Waals surface area contributed by atoms with Crippen LogP contribution in [0.15, 0.2) is 10.7 Å². The number of nitrogens with one attached hydrogen (secondary N) is 2. The van der Waals surface area contributed by atoms with Gasteiger partial charge in [-0.2, -0.15) is 26.3 Å². The molecular formula is C11H12BrF6N3O. The van der Waals surface area contributed by atoms with Gasteiger partial charge in [-0.15, -0.1) is 0 Å². The van der Waals surface area contributed by atoms with Gasteiger partial charge in [0.15, 0.2) is 11.4 Å². The molecule has 0 saturated heterocycles. The lowest BCUT2D eigenvalue weighted by Crippen LogP contribution is -2.47. The Labute approximate surface area is 130 Å². The molecule has 0 amide bonds. The maximum atomic E-state index is 12.7. The topological polar surface area (TPSA) is 57.2 Å². The summed E-state index contributed by atoms with van der Waals surface area (Å²) >= 11 is 2.62. The van der Waals surface area contributed by atoms with Crippen molar-refractivity contribution in [1.29, 1.82) is 0 Å². The highest BCUT2D eigenvalue weighted by Gasteiger charge is 2.49. The fourth-order valence-corrected chi connectivity index (χ4v) is 1.89. The van der Waals surface area contributed by atoms with Gasteiger partial charge in [-0.3, -0.25) is 0 Å². The zero-order valence-electron chi connectivity index (χ0n) is 11.3. The fraction of sp³-hybridized carbons (Fsp3) is 0.545. The molecule has 0 aliphatic rings. The molecule has 1 aromatic heterocycles. The average molecular weight is 396 g/mol. The van der Waals surface area contributed by atoms with Crippen LogP contribution in [0.3, 0.4) is 0 Å². The monoisotopic (exact) mass is 395 g/mol. The Morgan fingerprint density at radius 2 is 1.77 bits per heavy atom. The van der Waals surface area contributed by atoms with Gasteiger partial charge >= 0.3 is 12.4 Å². The van der Waals surface area contributed by atoms with E-state index < -0.39 is 34.7 Å². The third kappa shape index (κ3) is 4.15. The Kier molecular flexibility index (Phi) is 5.22. The normalized spacial score (nSPS) is 15.4. The molecule has 11 heteroatoms. The standard InChI is InChI=1S/C11H12BrF6N3O/c1-9(22,11(16,17)18)4-20-8-6(19-2)3-5(7(12)21-8)10(13,14)15/h3,19,22H,4H2,1-2H3,(H,20,21). The molecule has 0 aromatic carbocycles. The van der Waals surface area contributed by atoms with Gasteiger partial charge in [0.25, 0.3) is 0 Å². The van der Waals surface area contributed by atoms with Crippen molar-refractivity contribution < 1.29 is 31.4 Å². The molecule has 0 aliphatic carbocycles. The molecule has 0 fully saturated rings. The number of anilines is 2. The van der Waals surface area contributed by atoms with Crippen molar-refractivity contribution in [2.75, 3.05) is 24.2 Å². The molecule has 0 bridgehead atoms. The summed E-state index contributed by atoms with van der Waals surface area (Å²) in [6.07, 6.45) is -9.57. The van der Waals surface area contributed by atoms with Crippen LogP contribution in [0.25, 0.3) is 0 Å². The summed E-state index contributed by atoms with van der Waals surface area (Å²) < 4.78 is 75.2. The van der Waals surface area contributed by atoms with Crippen molar-refractivity contribution in [2.45, 2.75) is 24.9 Å². The minimum Gasteiger partial charge on any atom is -0.385 e. The highest BCUT2D eigenvalue weighted by Crippen LogP contribution is 2.38. The molecule has 3 N–H and O–H groups in total. The SMILES string of the molecule is CNc1cc(C(F)(F)F)c(Br)nc1NCC(C)(O)C(F)(F)F. The number of rotatable bonds is 4. The van der Waals surface area contributed by atoms with E-state index in [0.29, 0.717) is 13.0 Å². The van der Waals surface area contributed by atoms with E-state index in [1.807, 2.05) is 0 Å². The van der Waals surface area contributed by atoms with Crippen LogP contribution < -0.4 is 10.6 Å². The molecule has 22 heavy (non-hydrogen) atoms. The first kappa shape index (κ1) is 18.8. The predicted molar refractivity (Wildman–Crippen MR) is 71.7 cm³/mol. The largest absolute Gasteiger partial charge is 0.419 e. The molecule has 4 nitrogen and oxygen atoms in total. The number of hydrogen-bond donors (Lipinski definition) is 3. The highest BCUT2D eigenvalue weighted by molar-refractivity contribution is 9.10. The number of pyridine rings is 1. The average Bonchev–Trinajstić information content (AvgIpc) is 2.33. The van der Waals surface area contributed by atoms with E-state index in [9.17, 15) is 31.4 Å². The zero-order chi connectivity index (χ0) is 17.3. The Morgan fingerprint density at radius 1 is 1.23 bits per heavy atom. The van der Waals surface area contributed by atoms with Crippen LogP contribution >= 0.6 is 15.9 Å². The maximum absolute atomic E-state index is 12.7. The maximum Gasteiger partial charge on any atom is 0.419 e. The van der Waals surface area contributed by atoms with Crippen molar-refractivity contribution in [2.24, 2.45) is 0 Å². The lowest BCUT2D eigenvalue weighted by Gasteiger charge is -2.27. The molecule has 126 valence electrons. The lowest BCUT2D eigenvalue weighted by atomic mass is 10.1. The van der Waals surface area contributed by atoms with Crippen LogP contribution in [0.1, 0.15) is 12.5 Å². The van der Waals surface area contributed by atoms with Gasteiger partial charge in [-0.25, -0.2) is 4.98 Å². The van der Waals surface area contributed by atoms with Crippen LogP contribution in [-0.4, -0.2) is 35.5 Å². The van der Waals surface area contributed by atoms with Gasteiger partial charge in [-0.1, -0.05) is 0 Å². The van der Waals surface area contributed by atoms with Crippen LogP contribution in [0.5, 0.6) is 0 Å². The summed E-state index contributed by atoms with van der Waals surface area (Å²) in [5.41, 5.74) is -4.30. The molecule has 0 saturated carbocycles. The van der Waals surface area contributed by atoms with Crippen molar-refractivity contribution in [3.8, 4) is 0 Å². The Morgan fingerprint density at radius 3 is 2.18 bits per heavy atom. The Bertz CT molecular complexity index is 544. The van der Waals surface area contributed by atoms with Crippen LogP contribution in [-0.2, 0) is 6.18 Å². The third-order valence-corrected chi connectivity index (χ3v) is 3.37. The molecule has 1 rings (SSSR count). The summed E-state index contributed by atoms with van der Waals surface area (Å²) in [6.45, 7) is -0.436. The number of aromatic nitrogens is 1. The van der Waals surface area contributed by atoms with E-state index in [-0.39, 0.29) is 11.5 Å². The van der Waals surface area contributed by atoms with Gasteiger partial charge in [0.05, 0.1) is 17.8 Å². The third-order valence-electron chi connectivity index (χ3n) is 2.76. The van der Waals surface area contributed by atoms with Gasteiger partial charge in [0.1, 0.15) is 4.60 Å². The summed E-state index contributed by atoms with van der Waals surface area (Å²) in [6, 6.07) is 0.696. The second-order valence-electron chi connectivity index (χ2n) is 4.60. The highest BCUT2D eigenvalue weighted by atomic mass is 79.9. The molecule has 0 spiro atoms. The van der Waals surface area contributed by atoms with Crippen LogP contribution in [0.4, 0.5) is 37.8 Å². The fourth-order valence-electron chi connectivity index (χ4n) is 1.37. The van der Waals surface area contributed by atoms with E-state index in [1.165, 1.54) is 7.05 Å². The number of alkyl halides is 6. The van der Waals surface area contributed by atoms with Crippen LogP contribution in [0, 0.1) is 0 Å². The first-order valence-electron chi connectivity index (χ1n) is 5.78. The van der Waals surface area contributed by atoms with E-state index in [2.05, 4.69) is 31.5 Å². The van der Waals surface area contributed by atoms with Crippen molar-refractivity contribution in [3.63, 3.8) is 0 Å². The summed E-state index contributed by atoms with van der Waals surface area (Å²) in [5, 5.41) is 13.9. The van der Waals surface area contributed by atoms with Gasteiger partial charge in [0, 0.05) is 7.05 Å². The number of halogens is 7. The first-order valence-corrected chi connectivity index (χ1v) is 6.57. The Balaban J connectivity index is 3.09. The predicted octanol–water partition coefficient (Wildman–Crippen LogP) is 3.63. The summed E-state index contributed by atoms with van der Waals surface area (Å²) in [5.74, 6) is -0.258. The second kappa shape index (κ2) is 6.11. The molecular weight excluding hydrogens is 384 g/mol. The summed E-state index contributed by atoms with van der Waals surface area (Å²) in [4.78, 5) is 3.54. The van der Waals surface area contributed by atoms with E-state index in [0.717, 1.165) is 0 Å². The zero-order valence-corrected chi connectivity index (χ0v) is 12.9. The van der Waals surface area contributed by atoms with Crippen molar-refractivity contribution >= 4 is 27.4 Å². The smallest absolute Gasteiger partial charge is 0.385 e. The van der Waals surface area contributed by atoms with Crippen molar-refractivity contribution in [1.82, 2.24) is 4.98 Å². The van der Waals surface area contributed by atoms with Gasteiger partial charge in [0.2, 0.25) is 0 Å². The number of nitrogens with zero attached hydrogens (tertiary/aromatic N) is 1. The minimum absolute atomic E-state index is 0.159. The van der Waals surface area contributed by atoms with E-state index in [4.69, 9.17) is 0 Å². The lowest BCUT2D eigenvalue weighted by molar-refractivity contribution is -0.246. The second-order valence-corrected chi connectivity index (χ2v) is 5.35. The van der Waals surface area contributed by atoms with E-state index >= 15 is 0 Å².